The number of amides is 1. The van der Waals surface area contributed by atoms with Crippen molar-refractivity contribution in [1.29, 1.82) is 0 Å². The third-order valence-corrected chi connectivity index (χ3v) is 3.96. The second-order valence-corrected chi connectivity index (χ2v) is 5.59. The molecule has 3 nitrogen and oxygen atoms in total. The predicted octanol–water partition coefficient (Wildman–Crippen LogP) is 3.25. The Hall–Kier alpha value is -1.87. The van der Waals surface area contributed by atoms with E-state index in [0.29, 0.717) is 15.5 Å². The molecule has 0 fully saturated rings. The number of aliphatic imine (C=N–C) groups is 1. The van der Waals surface area contributed by atoms with Gasteiger partial charge in [0, 0.05) is 0 Å². The molecule has 1 aliphatic heterocycles. The molecule has 0 N–H and O–H groups in total. The van der Waals surface area contributed by atoms with Crippen molar-refractivity contribution in [1.82, 2.24) is 0 Å². The fourth-order valence-electron chi connectivity index (χ4n) is 2.04. The van der Waals surface area contributed by atoms with Crippen LogP contribution < -0.4 is 4.90 Å². The van der Waals surface area contributed by atoms with Crippen LogP contribution in [0.15, 0.2) is 65.3 Å². The molecule has 3 rings (SSSR count). The number of benzene rings is 2. The SMILES string of the molecule is O=C1/C(=C/c2ccccc2Cl)N=C([Se])N1c1ccccc1. The predicted molar refractivity (Wildman–Crippen MR) is 86.5 cm³/mol. The van der Waals surface area contributed by atoms with E-state index in [2.05, 4.69) is 21.0 Å². The van der Waals surface area contributed by atoms with Gasteiger partial charge in [0.2, 0.25) is 0 Å². The van der Waals surface area contributed by atoms with E-state index in [1.54, 1.807) is 17.0 Å². The zero-order chi connectivity index (χ0) is 14.8. The molecular formula is C16H10ClN2OSe. The summed E-state index contributed by atoms with van der Waals surface area (Å²) in [6, 6.07) is 16.7. The fourth-order valence-corrected chi connectivity index (χ4v) is 2.83. The van der Waals surface area contributed by atoms with Crippen molar-refractivity contribution < 1.29 is 4.79 Å². The molecule has 5 heteroatoms. The summed E-state index contributed by atoms with van der Waals surface area (Å²) in [5.41, 5.74) is 1.91. The maximum absolute atomic E-state index is 12.5. The first kappa shape index (κ1) is 14.1. The molecular weight excluding hydrogens is 351 g/mol. The molecule has 1 aliphatic rings. The molecule has 0 spiro atoms. The van der Waals surface area contributed by atoms with Crippen LogP contribution in [0.25, 0.3) is 6.08 Å². The second kappa shape index (κ2) is 5.86. The molecule has 0 unspecified atom stereocenters. The molecule has 103 valence electrons. The van der Waals surface area contributed by atoms with E-state index in [-0.39, 0.29) is 5.91 Å². The van der Waals surface area contributed by atoms with E-state index >= 15 is 0 Å². The molecule has 1 heterocycles. The number of anilines is 1. The Bertz CT molecular complexity index is 756. The zero-order valence-electron chi connectivity index (χ0n) is 10.9. The van der Waals surface area contributed by atoms with Crippen LogP contribution in [0.1, 0.15) is 5.56 Å². The van der Waals surface area contributed by atoms with Gasteiger partial charge < -0.3 is 0 Å². The van der Waals surface area contributed by atoms with Gasteiger partial charge in [0.25, 0.3) is 0 Å². The summed E-state index contributed by atoms with van der Waals surface area (Å²) in [5.74, 6) is -0.171. The van der Waals surface area contributed by atoms with Gasteiger partial charge in [-0.05, 0) is 0 Å². The van der Waals surface area contributed by atoms with Crippen LogP contribution in [0.2, 0.25) is 5.02 Å². The van der Waals surface area contributed by atoms with Crippen molar-refractivity contribution in [3.05, 3.63) is 70.9 Å². The van der Waals surface area contributed by atoms with Crippen LogP contribution in [0, 0.1) is 0 Å². The Labute approximate surface area is 135 Å². The minimum atomic E-state index is -0.171. The molecule has 0 saturated heterocycles. The molecule has 1 amide bonds. The molecule has 2 aromatic carbocycles. The number of carbonyl (C=O) groups excluding carboxylic acids is 1. The monoisotopic (exact) mass is 361 g/mol. The van der Waals surface area contributed by atoms with Gasteiger partial charge in [-0.2, -0.15) is 0 Å². The summed E-state index contributed by atoms with van der Waals surface area (Å²) in [5, 5.41) is 0.591. The van der Waals surface area contributed by atoms with Crippen molar-refractivity contribution in [3.63, 3.8) is 0 Å². The topological polar surface area (TPSA) is 32.7 Å². The van der Waals surface area contributed by atoms with Gasteiger partial charge in [0.05, 0.1) is 0 Å². The number of amidine groups is 1. The molecule has 21 heavy (non-hydrogen) atoms. The number of para-hydroxylation sites is 1. The van der Waals surface area contributed by atoms with Gasteiger partial charge in [0.15, 0.2) is 0 Å². The van der Waals surface area contributed by atoms with Crippen molar-refractivity contribution in [2.24, 2.45) is 4.99 Å². The van der Waals surface area contributed by atoms with E-state index in [4.69, 9.17) is 11.6 Å². The summed E-state index contributed by atoms with van der Waals surface area (Å²) in [6.45, 7) is 0. The normalized spacial score (nSPS) is 16.4. The van der Waals surface area contributed by atoms with Crippen molar-refractivity contribution in [2.45, 2.75) is 0 Å². The van der Waals surface area contributed by atoms with E-state index in [1.165, 1.54) is 0 Å². The van der Waals surface area contributed by atoms with E-state index < -0.39 is 0 Å². The van der Waals surface area contributed by atoms with Gasteiger partial charge in [-0.25, -0.2) is 0 Å². The first-order valence-electron chi connectivity index (χ1n) is 6.28. The van der Waals surface area contributed by atoms with Crippen LogP contribution in [0.4, 0.5) is 5.69 Å². The number of nitrogens with zero attached hydrogens (tertiary/aromatic N) is 2. The second-order valence-electron chi connectivity index (χ2n) is 4.42. The van der Waals surface area contributed by atoms with Crippen molar-refractivity contribution in [3.8, 4) is 0 Å². The number of halogens is 1. The van der Waals surface area contributed by atoms with Crippen molar-refractivity contribution >= 4 is 50.0 Å². The summed E-state index contributed by atoms with van der Waals surface area (Å²) in [4.78, 5) is 18.4. The number of hydrogen-bond acceptors (Lipinski definition) is 2. The third-order valence-electron chi connectivity index (χ3n) is 3.04. The summed E-state index contributed by atoms with van der Waals surface area (Å²) >= 11 is 8.94. The number of rotatable bonds is 2. The zero-order valence-corrected chi connectivity index (χ0v) is 13.3. The Balaban J connectivity index is 1.98. The van der Waals surface area contributed by atoms with Gasteiger partial charge in [-0.15, -0.1) is 0 Å². The third kappa shape index (κ3) is 2.79. The van der Waals surface area contributed by atoms with E-state index in [9.17, 15) is 4.79 Å². The first-order valence-corrected chi connectivity index (χ1v) is 7.52. The minimum absolute atomic E-state index is 0.171. The Morgan fingerprint density at radius 2 is 1.71 bits per heavy atom. The van der Waals surface area contributed by atoms with Crippen molar-refractivity contribution in [2.75, 3.05) is 4.90 Å². The summed E-state index contributed by atoms with van der Waals surface area (Å²) < 4.78 is 0.532. The quantitative estimate of drug-likeness (QED) is 0.598. The molecule has 0 aromatic heterocycles. The molecule has 1 radical (unpaired) electrons. The van der Waals surface area contributed by atoms with Crippen LogP contribution in [-0.4, -0.2) is 26.7 Å². The Morgan fingerprint density at radius 3 is 2.43 bits per heavy atom. The molecule has 0 saturated carbocycles. The molecule has 2 aromatic rings. The average Bonchev–Trinajstić information content (AvgIpc) is 2.77. The van der Waals surface area contributed by atoms with Gasteiger partial charge >= 0.3 is 136 Å². The first-order chi connectivity index (χ1) is 10.2. The van der Waals surface area contributed by atoms with Crippen LogP contribution >= 0.6 is 11.6 Å². The summed E-state index contributed by atoms with van der Waals surface area (Å²) in [7, 11) is 0. The average molecular weight is 361 g/mol. The van der Waals surface area contributed by atoms with Crippen LogP contribution in [-0.2, 0) is 4.79 Å². The van der Waals surface area contributed by atoms with Crippen LogP contribution in [0.5, 0.6) is 0 Å². The molecule has 0 atom stereocenters. The van der Waals surface area contributed by atoms with Gasteiger partial charge in [0.1, 0.15) is 0 Å². The van der Waals surface area contributed by atoms with Gasteiger partial charge in [-0.1, -0.05) is 0 Å². The van der Waals surface area contributed by atoms with E-state index in [0.717, 1.165) is 11.3 Å². The fraction of sp³-hybridized carbons (Fsp3) is 0. The Kier molecular flexibility index (Phi) is 3.93. The van der Waals surface area contributed by atoms with E-state index in [1.807, 2.05) is 48.5 Å². The van der Waals surface area contributed by atoms with Crippen LogP contribution in [0.3, 0.4) is 0 Å². The maximum atomic E-state index is 12.5. The Morgan fingerprint density at radius 1 is 1.05 bits per heavy atom. The number of hydrogen-bond donors (Lipinski definition) is 0. The molecule has 0 aliphatic carbocycles. The molecule has 0 bridgehead atoms. The standard InChI is InChI=1S/C16H10ClN2OSe/c17-13-9-5-4-6-11(13)10-14-15(20)19(16(21)18-14)12-7-2-1-3-8-12/h1-10H/b14-10-. The summed E-state index contributed by atoms with van der Waals surface area (Å²) in [6.07, 6.45) is 1.70. The number of carbonyl (C=O) groups is 1. The van der Waals surface area contributed by atoms with Gasteiger partial charge in [-0.3, -0.25) is 0 Å².